The molecule has 0 unspecified atom stereocenters. The molecule has 12 heteroatoms. The Morgan fingerprint density at radius 3 is 2.46 bits per heavy atom. The third-order valence-electron chi connectivity index (χ3n) is 3.22. The van der Waals surface area contributed by atoms with Gasteiger partial charge in [-0.3, -0.25) is 9.97 Å². The van der Waals surface area contributed by atoms with E-state index in [0.29, 0.717) is 17.1 Å². The first-order chi connectivity index (χ1) is 13.5. The van der Waals surface area contributed by atoms with Crippen LogP contribution < -0.4 is 0 Å². The Bertz CT molecular complexity index is 1000. The number of esters is 1. The van der Waals surface area contributed by atoms with Crippen molar-refractivity contribution in [1.82, 2.24) is 24.7 Å². The summed E-state index contributed by atoms with van der Waals surface area (Å²) in [6, 6.07) is 5.00. The summed E-state index contributed by atoms with van der Waals surface area (Å²) in [6.07, 6.45) is 5.63. The predicted molar refractivity (Wildman–Crippen MR) is 92.4 cm³/mol. The molecule has 0 aromatic carbocycles. The number of carbonyl (C=O) groups excluding carboxylic acids is 1. The van der Waals surface area contributed by atoms with Crippen LogP contribution in [0.25, 0.3) is 17.1 Å². The molecule has 3 heterocycles. The average Bonchev–Trinajstić information content (AvgIpc) is 3.15. The van der Waals surface area contributed by atoms with Crippen molar-refractivity contribution in [3.63, 3.8) is 0 Å². The first-order valence-corrected chi connectivity index (χ1v) is 9.06. The van der Waals surface area contributed by atoms with Gasteiger partial charge in [-0.1, -0.05) is 0 Å². The Morgan fingerprint density at radius 2 is 1.93 bits per heavy atom. The standard InChI is InChI=1S/C16H13N5O4.O2Se/c1-2-25-16(24)11-6-14(12-8-19-13(9-18-12)15(22)23)21(20-11)10-4-3-5-17-7-10;1-3-2/h3-9H,2H2,1H3,(H,22,23);. The van der Waals surface area contributed by atoms with Gasteiger partial charge in [0.05, 0.1) is 36.6 Å². The number of rotatable bonds is 5. The number of carboxylic acids is 1. The van der Waals surface area contributed by atoms with Gasteiger partial charge in [0, 0.05) is 12.3 Å². The number of hydrogen-bond donors (Lipinski definition) is 1. The van der Waals surface area contributed by atoms with Crippen LogP contribution in [0.2, 0.25) is 0 Å². The molecule has 0 radical (unpaired) electrons. The molecule has 0 spiro atoms. The average molecular weight is 450 g/mol. The number of carbonyl (C=O) groups is 2. The van der Waals surface area contributed by atoms with Crippen LogP contribution in [0.5, 0.6) is 0 Å². The SMILES string of the molecule is CCOC(=O)c1cc(-c2cnc(C(=O)O)cn2)n(-c2cccnc2)n1.O=[Se]=O. The van der Waals surface area contributed by atoms with Gasteiger partial charge in [0.15, 0.2) is 11.4 Å². The molecule has 0 aliphatic carbocycles. The Labute approximate surface area is 164 Å². The van der Waals surface area contributed by atoms with Crippen molar-refractivity contribution in [3.8, 4) is 17.1 Å². The first kappa shape index (κ1) is 20.8. The first-order valence-electron chi connectivity index (χ1n) is 7.66. The molecule has 28 heavy (non-hydrogen) atoms. The van der Waals surface area contributed by atoms with Crippen LogP contribution in [0.15, 0.2) is 43.0 Å². The normalized spacial score (nSPS) is 9.75. The zero-order valence-electron chi connectivity index (χ0n) is 14.4. The Kier molecular flexibility index (Phi) is 7.43. The molecule has 0 saturated carbocycles. The van der Waals surface area contributed by atoms with E-state index >= 15 is 0 Å². The monoisotopic (exact) mass is 451 g/mol. The molecule has 0 aliphatic heterocycles. The quantitative estimate of drug-likeness (QED) is 0.439. The second-order valence-corrected chi connectivity index (χ2v) is 5.20. The van der Waals surface area contributed by atoms with Crippen molar-refractivity contribution in [2.75, 3.05) is 6.61 Å². The summed E-state index contributed by atoms with van der Waals surface area (Å²) in [6.45, 7) is 1.92. The van der Waals surface area contributed by atoms with Crippen molar-refractivity contribution < 1.29 is 27.1 Å². The van der Waals surface area contributed by atoms with E-state index in [1.807, 2.05) is 0 Å². The van der Waals surface area contributed by atoms with E-state index in [9.17, 15) is 9.59 Å². The van der Waals surface area contributed by atoms with Gasteiger partial charge in [0.2, 0.25) is 0 Å². The van der Waals surface area contributed by atoms with Crippen LogP contribution in [-0.2, 0) is 12.4 Å². The molecule has 0 amide bonds. The van der Waals surface area contributed by atoms with Crippen LogP contribution in [0.4, 0.5) is 0 Å². The maximum absolute atomic E-state index is 12.0. The summed E-state index contributed by atoms with van der Waals surface area (Å²) >= 11 is -1.62. The van der Waals surface area contributed by atoms with Gasteiger partial charge < -0.3 is 9.84 Å². The molecule has 11 nitrogen and oxygen atoms in total. The molecule has 0 atom stereocenters. The zero-order valence-corrected chi connectivity index (χ0v) is 16.1. The van der Waals surface area contributed by atoms with E-state index < -0.39 is 26.8 Å². The number of pyridine rings is 1. The van der Waals surface area contributed by atoms with Crippen LogP contribution in [0.1, 0.15) is 27.9 Å². The summed E-state index contributed by atoms with van der Waals surface area (Å²) in [5, 5.41) is 13.2. The van der Waals surface area contributed by atoms with E-state index in [1.165, 1.54) is 16.9 Å². The Balaban J connectivity index is 0.000000878. The topological polar surface area (TPSA) is 154 Å². The predicted octanol–water partition coefficient (Wildman–Crippen LogP) is 0.981. The van der Waals surface area contributed by atoms with Crippen molar-refractivity contribution >= 4 is 26.8 Å². The van der Waals surface area contributed by atoms with Crippen molar-refractivity contribution in [1.29, 1.82) is 0 Å². The second-order valence-electron chi connectivity index (χ2n) is 4.92. The molecule has 0 fully saturated rings. The minimum atomic E-state index is -1.62. The molecule has 0 bridgehead atoms. The van der Waals surface area contributed by atoms with Crippen LogP contribution in [0.3, 0.4) is 0 Å². The number of hydrogen-bond acceptors (Lipinski definition) is 9. The summed E-state index contributed by atoms with van der Waals surface area (Å²) in [5.41, 5.74) is 1.35. The third-order valence-corrected chi connectivity index (χ3v) is 3.22. The van der Waals surface area contributed by atoms with Gasteiger partial charge in [-0.05, 0) is 19.1 Å². The fourth-order valence-corrected chi connectivity index (χ4v) is 2.11. The number of ether oxygens (including phenoxy) is 1. The van der Waals surface area contributed by atoms with Gasteiger partial charge in [0.25, 0.3) is 0 Å². The summed E-state index contributed by atoms with van der Waals surface area (Å²) in [7, 11) is 0. The number of aromatic carboxylic acids is 1. The van der Waals surface area contributed by atoms with Crippen LogP contribution in [-0.4, -0.2) is 63.2 Å². The summed E-state index contributed by atoms with van der Waals surface area (Å²) in [4.78, 5) is 34.9. The fraction of sp³-hybridized carbons (Fsp3) is 0.125. The van der Waals surface area contributed by atoms with Crippen LogP contribution in [0, 0.1) is 0 Å². The van der Waals surface area contributed by atoms with Gasteiger partial charge in [-0.2, -0.15) is 5.10 Å². The number of carboxylic acid groups (broad SMARTS) is 1. The molecule has 3 aromatic rings. The van der Waals surface area contributed by atoms with Crippen molar-refractivity contribution in [3.05, 3.63) is 54.4 Å². The van der Waals surface area contributed by atoms with Gasteiger partial charge in [0.1, 0.15) is 5.69 Å². The van der Waals surface area contributed by atoms with Gasteiger partial charge in [-0.25, -0.2) is 19.3 Å². The van der Waals surface area contributed by atoms with E-state index in [4.69, 9.17) is 17.5 Å². The van der Waals surface area contributed by atoms with Crippen LogP contribution >= 0.6 is 0 Å². The summed E-state index contributed by atoms with van der Waals surface area (Å²) in [5.74, 6) is -1.74. The van der Waals surface area contributed by atoms with Gasteiger partial charge in [-0.15, -0.1) is 0 Å². The molecule has 144 valence electrons. The van der Waals surface area contributed by atoms with Crippen molar-refractivity contribution in [2.45, 2.75) is 6.92 Å². The molecule has 3 aromatic heterocycles. The third kappa shape index (κ3) is 5.02. The van der Waals surface area contributed by atoms with E-state index in [-0.39, 0.29) is 18.0 Å². The molecular formula is C16H13N5O6Se. The number of aromatic nitrogens is 5. The zero-order chi connectivity index (χ0) is 20.5. The minimum absolute atomic E-state index is 0.102. The molecule has 0 aliphatic rings. The Hall–Kier alpha value is -3.50. The van der Waals surface area contributed by atoms with E-state index in [0.717, 1.165) is 6.20 Å². The Morgan fingerprint density at radius 1 is 1.18 bits per heavy atom. The van der Waals surface area contributed by atoms with E-state index in [2.05, 4.69) is 20.1 Å². The molecule has 3 rings (SSSR count). The number of nitrogens with zero attached hydrogens (tertiary/aromatic N) is 5. The maximum atomic E-state index is 12.0. The van der Waals surface area contributed by atoms with Gasteiger partial charge >= 0.3 is 34.4 Å². The second kappa shape index (κ2) is 9.99. The summed E-state index contributed by atoms with van der Waals surface area (Å²) < 4.78 is 23.3. The van der Waals surface area contributed by atoms with Crippen molar-refractivity contribution in [2.24, 2.45) is 0 Å². The molecule has 1 N–H and O–H groups in total. The van der Waals surface area contributed by atoms with E-state index in [1.54, 1.807) is 31.5 Å². The fourth-order valence-electron chi connectivity index (χ4n) is 2.11. The molecular weight excluding hydrogens is 437 g/mol. The molecule has 0 saturated heterocycles.